The van der Waals surface area contributed by atoms with E-state index in [4.69, 9.17) is 5.10 Å². The smallest absolute Gasteiger partial charge is 0.251 e. The molecule has 0 radical (unpaired) electrons. The van der Waals surface area contributed by atoms with E-state index in [0.717, 1.165) is 62.3 Å². The van der Waals surface area contributed by atoms with Gasteiger partial charge in [-0.1, -0.05) is 28.1 Å². The van der Waals surface area contributed by atoms with Crippen molar-refractivity contribution in [2.24, 2.45) is 0 Å². The van der Waals surface area contributed by atoms with Gasteiger partial charge < -0.3 is 5.32 Å². The number of aromatic nitrogens is 4. The second kappa shape index (κ2) is 8.51. The average Bonchev–Trinajstić information content (AvgIpc) is 3.26. The molecule has 1 aromatic carbocycles. The van der Waals surface area contributed by atoms with Crippen molar-refractivity contribution < 1.29 is 4.79 Å². The fourth-order valence-corrected chi connectivity index (χ4v) is 4.09. The molecule has 1 N–H and O–H groups in total. The zero-order chi connectivity index (χ0) is 22.1. The standard InChI is InChI=1S/C25H20BrN5O/c1-16-13-19(5-6-21(16)26)25(32)29-20-4-2-3-18(14-20)23-9-12-28-24-15-22(30-31(23)24)17-7-10-27-11-8-17/h2-4,7-15H,5-6H2,1H3,(H,29,32). The Hall–Kier alpha value is -3.58. The fraction of sp³-hybridized carbons (Fsp3) is 0.120. The van der Waals surface area contributed by atoms with E-state index in [1.54, 1.807) is 18.6 Å². The van der Waals surface area contributed by atoms with Crippen LogP contribution in [-0.2, 0) is 4.79 Å². The SMILES string of the molecule is CC1=C(Br)CCC(C(=O)Nc2cccc(-c3ccnc4cc(-c5ccncc5)nn34)c2)=C1. The Bertz CT molecular complexity index is 1390. The van der Waals surface area contributed by atoms with E-state index in [1.165, 1.54) is 0 Å². The first-order chi connectivity index (χ1) is 15.6. The third-order valence-corrected chi connectivity index (χ3v) is 6.50. The summed E-state index contributed by atoms with van der Waals surface area (Å²) in [5.74, 6) is -0.0690. The van der Waals surface area contributed by atoms with Crippen LogP contribution in [0.2, 0.25) is 0 Å². The highest BCUT2D eigenvalue weighted by molar-refractivity contribution is 9.11. The summed E-state index contributed by atoms with van der Waals surface area (Å²) < 4.78 is 2.98. The highest BCUT2D eigenvalue weighted by atomic mass is 79.9. The number of pyridine rings is 1. The zero-order valence-electron chi connectivity index (χ0n) is 17.4. The minimum Gasteiger partial charge on any atom is -0.322 e. The Morgan fingerprint density at radius 3 is 2.69 bits per heavy atom. The van der Waals surface area contributed by atoms with Gasteiger partial charge in [-0.3, -0.25) is 9.78 Å². The van der Waals surface area contributed by atoms with E-state index in [2.05, 4.69) is 31.2 Å². The number of anilines is 1. The van der Waals surface area contributed by atoms with Gasteiger partial charge in [-0.2, -0.15) is 5.10 Å². The van der Waals surface area contributed by atoms with E-state index >= 15 is 0 Å². The van der Waals surface area contributed by atoms with Gasteiger partial charge in [0.25, 0.3) is 5.91 Å². The van der Waals surface area contributed by atoms with Crippen molar-refractivity contribution in [3.63, 3.8) is 0 Å². The number of allylic oxidation sites excluding steroid dienone is 3. The highest BCUT2D eigenvalue weighted by Crippen LogP contribution is 2.29. The number of carbonyl (C=O) groups is 1. The first kappa shape index (κ1) is 20.3. The van der Waals surface area contributed by atoms with Crippen LogP contribution in [-0.4, -0.2) is 25.5 Å². The van der Waals surface area contributed by atoms with E-state index in [1.807, 2.05) is 66.0 Å². The van der Waals surface area contributed by atoms with Gasteiger partial charge in [0.2, 0.25) is 0 Å². The molecule has 0 saturated carbocycles. The molecular formula is C25H20BrN5O. The molecule has 32 heavy (non-hydrogen) atoms. The van der Waals surface area contributed by atoms with Crippen molar-refractivity contribution in [3.8, 4) is 22.5 Å². The van der Waals surface area contributed by atoms with E-state index in [9.17, 15) is 4.79 Å². The molecule has 1 amide bonds. The molecule has 3 heterocycles. The molecule has 0 bridgehead atoms. The lowest BCUT2D eigenvalue weighted by atomic mass is 9.99. The molecule has 4 aromatic rings. The number of halogens is 1. The summed E-state index contributed by atoms with van der Waals surface area (Å²) in [5.41, 5.74) is 7.02. The van der Waals surface area contributed by atoms with Crippen molar-refractivity contribution in [1.82, 2.24) is 19.6 Å². The molecule has 3 aromatic heterocycles. The highest BCUT2D eigenvalue weighted by Gasteiger charge is 2.16. The zero-order valence-corrected chi connectivity index (χ0v) is 19.0. The Balaban J connectivity index is 1.46. The van der Waals surface area contributed by atoms with Crippen molar-refractivity contribution in [2.45, 2.75) is 19.8 Å². The molecule has 0 unspecified atom stereocenters. The number of fused-ring (bicyclic) bond motifs is 1. The van der Waals surface area contributed by atoms with Crippen LogP contribution in [0.3, 0.4) is 0 Å². The van der Waals surface area contributed by atoms with Gasteiger partial charge in [0.05, 0.1) is 11.4 Å². The lowest BCUT2D eigenvalue weighted by Gasteiger charge is -2.15. The number of carbonyl (C=O) groups excluding carboxylic acids is 1. The van der Waals surface area contributed by atoms with Crippen LogP contribution in [0, 0.1) is 0 Å². The monoisotopic (exact) mass is 485 g/mol. The molecule has 1 aliphatic rings. The van der Waals surface area contributed by atoms with E-state index in [-0.39, 0.29) is 5.91 Å². The van der Waals surface area contributed by atoms with Crippen LogP contribution in [0.25, 0.3) is 28.2 Å². The van der Waals surface area contributed by atoms with Gasteiger partial charge in [0.1, 0.15) is 0 Å². The third-order valence-electron chi connectivity index (χ3n) is 5.47. The van der Waals surface area contributed by atoms with Gasteiger partial charge in [-0.05, 0) is 66.2 Å². The molecule has 0 atom stereocenters. The van der Waals surface area contributed by atoms with E-state index < -0.39 is 0 Å². The van der Waals surface area contributed by atoms with Crippen molar-refractivity contribution in [3.05, 3.63) is 88.8 Å². The van der Waals surface area contributed by atoms with Crippen molar-refractivity contribution >= 4 is 33.2 Å². The Morgan fingerprint density at radius 2 is 1.88 bits per heavy atom. The summed E-state index contributed by atoms with van der Waals surface area (Å²) in [6.07, 6.45) is 8.78. The molecule has 7 heteroatoms. The number of nitrogens with zero attached hydrogens (tertiary/aromatic N) is 4. The summed E-state index contributed by atoms with van der Waals surface area (Å²) in [6, 6.07) is 15.5. The van der Waals surface area contributed by atoms with Gasteiger partial charge >= 0.3 is 0 Å². The molecular weight excluding hydrogens is 466 g/mol. The normalized spacial score (nSPS) is 13.9. The van der Waals surface area contributed by atoms with Crippen molar-refractivity contribution in [2.75, 3.05) is 5.32 Å². The first-order valence-corrected chi connectivity index (χ1v) is 11.1. The number of amides is 1. The van der Waals surface area contributed by atoms with Crippen LogP contribution in [0.4, 0.5) is 5.69 Å². The second-order valence-electron chi connectivity index (χ2n) is 7.66. The number of nitrogens with one attached hydrogen (secondary N) is 1. The molecule has 5 rings (SSSR count). The topological polar surface area (TPSA) is 72.2 Å². The quantitative estimate of drug-likeness (QED) is 0.397. The predicted octanol–water partition coefficient (Wildman–Crippen LogP) is 5.79. The summed E-state index contributed by atoms with van der Waals surface area (Å²) in [7, 11) is 0. The maximum Gasteiger partial charge on any atom is 0.251 e. The predicted molar refractivity (Wildman–Crippen MR) is 129 cm³/mol. The van der Waals surface area contributed by atoms with Gasteiger partial charge in [0, 0.05) is 47.0 Å². The van der Waals surface area contributed by atoms with E-state index in [0.29, 0.717) is 0 Å². The molecule has 0 spiro atoms. The third kappa shape index (κ3) is 3.99. The number of benzene rings is 1. The molecule has 158 valence electrons. The second-order valence-corrected chi connectivity index (χ2v) is 8.62. The number of hydrogen-bond acceptors (Lipinski definition) is 4. The van der Waals surface area contributed by atoms with Gasteiger partial charge in [-0.15, -0.1) is 0 Å². The maximum atomic E-state index is 12.8. The van der Waals surface area contributed by atoms with Crippen molar-refractivity contribution in [1.29, 1.82) is 0 Å². The molecule has 6 nitrogen and oxygen atoms in total. The minimum atomic E-state index is -0.0690. The van der Waals surface area contributed by atoms with Crippen LogP contribution in [0.5, 0.6) is 0 Å². The summed E-state index contributed by atoms with van der Waals surface area (Å²) >= 11 is 3.56. The van der Waals surface area contributed by atoms with Gasteiger partial charge in [0.15, 0.2) is 5.65 Å². The summed E-state index contributed by atoms with van der Waals surface area (Å²) in [5, 5.41) is 7.80. The lowest BCUT2D eigenvalue weighted by Crippen LogP contribution is -2.16. The maximum absolute atomic E-state index is 12.8. The molecule has 0 saturated heterocycles. The van der Waals surface area contributed by atoms with Crippen LogP contribution >= 0.6 is 15.9 Å². The Kier molecular flexibility index (Phi) is 5.41. The number of rotatable bonds is 4. The number of hydrogen-bond donors (Lipinski definition) is 1. The molecule has 0 aliphatic heterocycles. The first-order valence-electron chi connectivity index (χ1n) is 10.3. The molecule has 0 fully saturated rings. The van der Waals surface area contributed by atoms with Crippen LogP contribution < -0.4 is 5.32 Å². The fourth-order valence-electron chi connectivity index (χ4n) is 3.78. The average molecular weight is 486 g/mol. The Labute approximate surface area is 193 Å². The minimum absolute atomic E-state index is 0.0690. The molecule has 1 aliphatic carbocycles. The largest absolute Gasteiger partial charge is 0.322 e. The summed E-state index contributed by atoms with van der Waals surface area (Å²) in [4.78, 5) is 21.3. The van der Waals surface area contributed by atoms with Gasteiger partial charge in [-0.25, -0.2) is 9.50 Å². The van der Waals surface area contributed by atoms with Crippen LogP contribution in [0.15, 0.2) is 88.8 Å². The lowest BCUT2D eigenvalue weighted by molar-refractivity contribution is -0.113. The Morgan fingerprint density at radius 1 is 1.03 bits per heavy atom. The summed E-state index contributed by atoms with van der Waals surface area (Å²) in [6.45, 7) is 2.01. The van der Waals surface area contributed by atoms with Crippen LogP contribution in [0.1, 0.15) is 19.8 Å².